The number of carboxylic acid groups (broad SMARTS) is 1. The molecule has 0 aliphatic heterocycles. The summed E-state index contributed by atoms with van der Waals surface area (Å²) >= 11 is 6.19. The first-order valence-electron chi connectivity index (χ1n) is 5.42. The maximum Gasteiger partial charge on any atom is 0.307 e. The maximum atomic E-state index is 10.9. The van der Waals surface area contributed by atoms with Gasteiger partial charge in [0.25, 0.3) is 0 Å². The number of benzene rings is 1. The van der Waals surface area contributed by atoms with Crippen molar-refractivity contribution in [3.05, 3.63) is 28.9 Å². The molecule has 2 unspecified atom stereocenters. The van der Waals surface area contributed by atoms with Crippen molar-refractivity contribution < 1.29 is 9.90 Å². The Morgan fingerprint density at radius 2 is 2.35 bits per heavy atom. The Hall–Kier alpha value is -1.55. The molecule has 1 aliphatic rings. The predicted molar refractivity (Wildman–Crippen MR) is 64.2 cm³/mol. The minimum atomic E-state index is -0.744. The highest BCUT2D eigenvalue weighted by Crippen LogP contribution is 2.51. The van der Waals surface area contributed by atoms with Crippen LogP contribution in [0.15, 0.2) is 18.3 Å². The minimum absolute atomic E-state index is 0.0351. The van der Waals surface area contributed by atoms with E-state index in [1.165, 1.54) is 0 Å². The molecule has 1 aromatic carbocycles. The molecule has 5 heteroatoms. The van der Waals surface area contributed by atoms with Crippen LogP contribution in [-0.2, 0) is 11.8 Å². The first-order chi connectivity index (χ1) is 8.08. The van der Waals surface area contributed by atoms with Gasteiger partial charge in [0.15, 0.2) is 0 Å². The van der Waals surface area contributed by atoms with E-state index < -0.39 is 5.97 Å². The largest absolute Gasteiger partial charge is 0.481 e. The van der Waals surface area contributed by atoms with Crippen molar-refractivity contribution in [3.8, 4) is 0 Å². The lowest BCUT2D eigenvalue weighted by Crippen LogP contribution is -1.99. The third-order valence-corrected chi connectivity index (χ3v) is 3.60. The van der Waals surface area contributed by atoms with Crippen molar-refractivity contribution in [1.29, 1.82) is 0 Å². The van der Waals surface area contributed by atoms with Gasteiger partial charge in [-0.15, -0.1) is 0 Å². The summed E-state index contributed by atoms with van der Waals surface area (Å²) in [5.41, 5.74) is 1.80. The summed E-state index contributed by atoms with van der Waals surface area (Å²) in [5.74, 6) is -1.00. The van der Waals surface area contributed by atoms with E-state index >= 15 is 0 Å². The topological polar surface area (TPSA) is 55.1 Å². The number of halogens is 1. The van der Waals surface area contributed by atoms with E-state index in [2.05, 4.69) is 5.10 Å². The van der Waals surface area contributed by atoms with Crippen LogP contribution in [-0.4, -0.2) is 20.9 Å². The molecular formula is C12H11ClN2O2. The summed E-state index contributed by atoms with van der Waals surface area (Å²) in [6.07, 6.45) is 2.57. The Balaban J connectivity index is 2.15. The molecule has 1 aliphatic carbocycles. The Labute approximate surface area is 103 Å². The molecule has 17 heavy (non-hydrogen) atoms. The molecule has 1 fully saturated rings. The van der Waals surface area contributed by atoms with Crippen molar-refractivity contribution in [2.75, 3.05) is 0 Å². The lowest BCUT2D eigenvalue weighted by atomic mass is 10.0. The summed E-state index contributed by atoms with van der Waals surface area (Å²) in [6.45, 7) is 0. The number of hydrogen-bond donors (Lipinski definition) is 1. The average Bonchev–Trinajstić information content (AvgIpc) is 2.94. The number of carboxylic acids is 1. The fourth-order valence-electron chi connectivity index (χ4n) is 2.37. The van der Waals surface area contributed by atoms with Crippen LogP contribution in [0.3, 0.4) is 0 Å². The Morgan fingerprint density at radius 3 is 3.00 bits per heavy atom. The molecule has 1 saturated carbocycles. The monoisotopic (exact) mass is 250 g/mol. The fourth-order valence-corrected chi connectivity index (χ4v) is 2.68. The van der Waals surface area contributed by atoms with Crippen LogP contribution in [0.25, 0.3) is 10.9 Å². The number of rotatable bonds is 2. The standard InChI is InChI=1S/C12H11ClN2O2/c1-15-5-8-10(14-15)3-2-9(13)11(8)6-4-7(6)12(16)17/h2-3,5-7H,4H2,1H3,(H,16,17). The van der Waals surface area contributed by atoms with Gasteiger partial charge in [0.05, 0.1) is 11.4 Å². The first kappa shape index (κ1) is 10.6. The van der Waals surface area contributed by atoms with Gasteiger partial charge in [0.2, 0.25) is 0 Å². The normalized spacial score (nSPS) is 22.9. The second kappa shape index (κ2) is 3.47. The Kier molecular flexibility index (Phi) is 2.16. The zero-order valence-electron chi connectivity index (χ0n) is 9.22. The van der Waals surface area contributed by atoms with Gasteiger partial charge in [0, 0.05) is 29.6 Å². The van der Waals surface area contributed by atoms with Crippen molar-refractivity contribution in [2.45, 2.75) is 12.3 Å². The lowest BCUT2D eigenvalue weighted by molar-refractivity contribution is -0.138. The van der Waals surface area contributed by atoms with E-state index in [0.717, 1.165) is 16.5 Å². The Bertz CT molecular complexity index is 620. The van der Waals surface area contributed by atoms with Crippen LogP contribution in [0, 0.1) is 5.92 Å². The van der Waals surface area contributed by atoms with Gasteiger partial charge < -0.3 is 5.11 Å². The summed E-state index contributed by atoms with van der Waals surface area (Å²) in [5, 5.41) is 14.9. The van der Waals surface area contributed by atoms with Gasteiger partial charge in [-0.3, -0.25) is 9.48 Å². The zero-order valence-corrected chi connectivity index (χ0v) is 9.98. The molecule has 0 saturated heterocycles. The van der Waals surface area contributed by atoms with Gasteiger partial charge in [0.1, 0.15) is 0 Å². The highest BCUT2D eigenvalue weighted by atomic mass is 35.5. The molecule has 0 spiro atoms. The van der Waals surface area contributed by atoms with E-state index in [1.54, 1.807) is 10.7 Å². The summed E-state index contributed by atoms with van der Waals surface area (Å²) in [4.78, 5) is 10.9. The van der Waals surface area contributed by atoms with Gasteiger partial charge in [-0.05, 0) is 24.1 Å². The molecule has 2 atom stereocenters. The molecule has 3 rings (SSSR count). The number of aliphatic carboxylic acids is 1. The van der Waals surface area contributed by atoms with Crippen LogP contribution >= 0.6 is 11.6 Å². The molecule has 1 N–H and O–H groups in total. The van der Waals surface area contributed by atoms with Gasteiger partial charge in [-0.1, -0.05) is 11.6 Å². The molecule has 0 amide bonds. The fraction of sp³-hybridized carbons (Fsp3) is 0.333. The van der Waals surface area contributed by atoms with E-state index in [1.807, 2.05) is 19.3 Å². The Morgan fingerprint density at radius 1 is 1.59 bits per heavy atom. The third-order valence-electron chi connectivity index (χ3n) is 3.27. The molecule has 1 heterocycles. The van der Waals surface area contributed by atoms with Crippen LogP contribution in [0.5, 0.6) is 0 Å². The van der Waals surface area contributed by atoms with Crippen LogP contribution < -0.4 is 0 Å². The molecule has 88 valence electrons. The van der Waals surface area contributed by atoms with Crippen molar-refractivity contribution >= 4 is 28.5 Å². The summed E-state index contributed by atoms with van der Waals surface area (Å²) in [7, 11) is 1.85. The van der Waals surface area contributed by atoms with Crippen molar-refractivity contribution in [3.63, 3.8) is 0 Å². The van der Waals surface area contributed by atoms with Crippen LogP contribution in [0.4, 0.5) is 0 Å². The highest BCUT2D eigenvalue weighted by Gasteiger charge is 2.46. The predicted octanol–water partition coefficient (Wildman–Crippen LogP) is 2.41. The van der Waals surface area contributed by atoms with Crippen LogP contribution in [0.1, 0.15) is 17.9 Å². The molecule has 4 nitrogen and oxygen atoms in total. The maximum absolute atomic E-state index is 10.9. The number of hydrogen-bond acceptors (Lipinski definition) is 2. The third kappa shape index (κ3) is 1.60. The van der Waals surface area contributed by atoms with Gasteiger partial charge >= 0.3 is 5.97 Å². The van der Waals surface area contributed by atoms with E-state index in [-0.39, 0.29) is 11.8 Å². The number of nitrogens with zero attached hydrogens (tertiary/aromatic N) is 2. The van der Waals surface area contributed by atoms with Crippen molar-refractivity contribution in [1.82, 2.24) is 9.78 Å². The molecule has 0 radical (unpaired) electrons. The summed E-state index contributed by atoms with van der Waals surface area (Å²) in [6, 6.07) is 3.66. The van der Waals surface area contributed by atoms with Crippen LogP contribution in [0.2, 0.25) is 5.02 Å². The first-order valence-corrected chi connectivity index (χ1v) is 5.80. The highest BCUT2D eigenvalue weighted by molar-refractivity contribution is 6.32. The number of fused-ring (bicyclic) bond motifs is 1. The van der Waals surface area contributed by atoms with Crippen molar-refractivity contribution in [2.24, 2.45) is 13.0 Å². The van der Waals surface area contributed by atoms with E-state index in [9.17, 15) is 4.79 Å². The lowest BCUT2D eigenvalue weighted by Gasteiger charge is -2.03. The minimum Gasteiger partial charge on any atom is -0.481 e. The second-order valence-electron chi connectivity index (χ2n) is 4.48. The quantitative estimate of drug-likeness (QED) is 0.891. The SMILES string of the molecule is Cn1cc2c(C3CC3C(=O)O)c(Cl)ccc2n1. The smallest absolute Gasteiger partial charge is 0.307 e. The number of aromatic nitrogens is 2. The van der Waals surface area contributed by atoms with Gasteiger partial charge in [-0.2, -0.15) is 5.10 Å². The van der Waals surface area contributed by atoms with E-state index in [4.69, 9.17) is 16.7 Å². The van der Waals surface area contributed by atoms with Gasteiger partial charge in [-0.25, -0.2) is 0 Å². The number of aryl methyl sites for hydroxylation is 1. The number of carbonyl (C=O) groups is 1. The molecular weight excluding hydrogens is 240 g/mol. The molecule has 2 aromatic rings. The summed E-state index contributed by atoms with van der Waals surface area (Å²) < 4.78 is 1.72. The zero-order chi connectivity index (χ0) is 12.2. The molecule has 0 bridgehead atoms. The molecule has 1 aromatic heterocycles. The second-order valence-corrected chi connectivity index (χ2v) is 4.89. The average molecular weight is 251 g/mol. The van der Waals surface area contributed by atoms with E-state index in [0.29, 0.717) is 11.4 Å².